The molecule has 3 aromatic rings. The summed E-state index contributed by atoms with van der Waals surface area (Å²) in [7, 11) is 7.30. The first-order valence-electron chi connectivity index (χ1n) is 11.5. The van der Waals surface area contributed by atoms with Crippen molar-refractivity contribution >= 4 is 16.6 Å². The maximum absolute atomic E-state index is 12.3. The zero-order valence-corrected chi connectivity index (χ0v) is 21.7. The van der Waals surface area contributed by atoms with Crippen molar-refractivity contribution in [1.29, 1.82) is 0 Å². The number of aromatic nitrogens is 3. The van der Waals surface area contributed by atoms with Gasteiger partial charge in [0.05, 0.1) is 18.5 Å². The van der Waals surface area contributed by atoms with Crippen molar-refractivity contribution < 1.29 is 4.74 Å². The molecule has 3 rings (SSSR count). The average molecular weight is 466 g/mol. The summed E-state index contributed by atoms with van der Waals surface area (Å²) in [4.78, 5) is 18.7. The van der Waals surface area contributed by atoms with Gasteiger partial charge < -0.3 is 15.0 Å². The van der Waals surface area contributed by atoms with E-state index in [1.807, 2.05) is 109 Å². The molecule has 1 aromatic carbocycles. The summed E-state index contributed by atoms with van der Waals surface area (Å²) in [5.74, 6) is 1.28. The summed E-state index contributed by atoms with van der Waals surface area (Å²) in [6, 6.07) is 11.4. The monoisotopic (exact) mass is 465 g/mol. The van der Waals surface area contributed by atoms with Crippen LogP contribution in [0.3, 0.4) is 0 Å². The van der Waals surface area contributed by atoms with Gasteiger partial charge in [0, 0.05) is 31.2 Å². The molecule has 2 aromatic heterocycles. The smallest absolute Gasteiger partial charge is 0.274 e. The highest BCUT2D eigenvalue weighted by atomic mass is 16.5. The van der Waals surface area contributed by atoms with E-state index in [0.29, 0.717) is 23.6 Å². The number of aryl methyl sites for hydroxylation is 1. The molecule has 1 unspecified atom stereocenters. The van der Waals surface area contributed by atoms with E-state index in [1.165, 1.54) is 4.68 Å². The molecule has 0 spiro atoms. The van der Waals surface area contributed by atoms with E-state index in [0.717, 1.165) is 10.9 Å². The van der Waals surface area contributed by atoms with Gasteiger partial charge in [0.15, 0.2) is 5.82 Å². The minimum absolute atomic E-state index is 0.0891. The topological polar surface area (TPSA) is 72.3 Å². The van der Waals surface area contributed by atoms with Gasteiger partial charge in [-0.25, -0.2) is 9.67 Å². The molecule has 0 fully saturated rings. The molecule has 0 aliphatic heterocycles. The lowest BCUT2D eigenvalue weighted by Gasteiger charge is -2.25. The van der Waals surface area contributed by atoms with E-state index in [-0.39, 0.29) is 11.6 Å². The Balaban J connectivity index is 0.000000631. The number of ether oxygens (including phenoxy) is 1. The summed E-state index contributed by atoms with van der Waals surface area (Å²) in [6.45, 7) is 8.62. The third-order valence-corrected chi connectivity index (χ3v) is 4.89. The van der Waals surface area contributed by atoms with Gasteiger partial charge in [0.25, 0.3) is 5.56 Å². The summed E-state index contributed by atoms with van der Waals surface area (Å²) in [5.41, 5.74) is 0.965. The molecule has 7 heteroatoms. The van der Waals surface area contributed by atoms with Crippen LogP contribution < -0.4 is 15.6 Å². The van der Waals surface area contributed by atoms with Gasteiger partial charge in [-0.05, 0) is 39.6 Å². The number of fused-ring (bicyclic) bond motifs is 1. The maximum Gasteiger partial charge on any atom is 0.274 e. The zero-order chi connectivity index (χ0) is 25.5. The second kappa shape index (κ2) is 15.4. The van der Waals surface area contributed by atoms with E-state index < -0.39 is 0 Å². The SMILES string of the molecule is C/C=C\C=C/C.CC.COc1ccc(C(CNc2nn(C)c(=O)c3ccccc23)N(C)C)cn1. The van der Waals surface area contributed by atoms with Crippen LogP contribution in [0.15, 0.2) is 71.7 Å². The Morgan fingerprint density at radius 3 is 2.18 bits per heavy atom. The van der Waals surface area contributed by atoms with E-state index >= 15 is 0 Å². The molecular weight excluding hydrogens is 426 g/mol. The Morgan fingerprint density at radius 1 is 1.06 bits per heavy atom. The van der Waals surface area contributed by atoms with E-state index in [1.54, 1.807) is 14.2 Å². The molecule has 2 heterocycles. The lowest BCUT2D eigenvalue weighted by atomic mass is 10.1. The number of nitrogens with zero attached hydrogens (tertiary/aromatic N) is 4. The number of anilines is 1. The van der Waals surface area contributed by atoms with Gasteiger partial charge in [0.1, 0.15) is 0 Å². The standard InChI is InChI=1S/C19H23N5O2.C6H10.C2H6/c1-23(2)16(13-9-10-17(26-4)20-11-13)12-21-18-14-7-5-6-8-15(14)19(25)24(3)22-18;1-3-5-6-4-2;1-2/h5-11,16H,12H2,1-4H3,(H,21,22);3-6H,1-2H3;1-2H3/b;5-3-,6-4-;. The molecule has 0 saturated heterocycles. The minimum atomic E-state index is -0.102. The number of allylic oxidation sites excluding steroid dienone is 4. The predicted octanol–water partition coefficient (Wildman–Crippen LogP) is 5.22. The first kappa shape index (κ1) is 28.6. The number of nitrogens with one attached hydrogen (secondary N) is 1. The predicted molar refractivity (Wildman–Crippen MR) is 144 cm³/mol. The van der Waals surface area contributed by atoms with Crippen LogP contribution in [0.2, 0.25) is 0 Å². The van der Waals surface area contributed by atoms with Crippen LogP contribution in [0.5, 0.6) is 5.88 Å². The van der Waals surface area contributed by atoms with Gasteiger partial charge in [-0.15, -0.1) is 0 Å². The third-order valence-electron chi connectivity index (χ3n) is 4.89. The lowest BCUT2D eigenvalue weighted by Crippen LogP contribution is -2.28. The molecular formula is C27H39N5O2. The molecule has 0 aliphatic rings. The van der Waals surface area contributed by atoms with Crippen LogP contribution in [-0.2, 0) is 7.05 Å². The highest BCUT2D eigenvalue weighted by Gasteiger charge is 2.16. The van der Waals surface area contributed by atoms with Crippen molar-refractivity contribution in [2.24, 2.45) is 7.05 Å². The number of likely N-dealkylation sites (N-methyl/N-ethyl adjacent to an activating group) is 1. The van der Waals surface area contributed by atoms with Gasteiger partial charge in [-0.1, -0.05) is 62.4 Å². The molecule has 0 saturated carbocycles. The molecule has 34 heavy (non-hydrogen) atoms. The van der Waals surface area contributed by atoms with Crippen LogP contribution >= 0.6 is 0 Å². The van der Waals surface area contributed by atoms with Gasteiger partial charge in [-0.2, -0.15) is 5.10 Å². The number of methoxy groups -OCH3 is 1. The fourth-order valence-corrected chi connectivity index (χ4v) is 3.15. The molecule has 7 nitrogen and oxygen atoms in total. The van der Waals surface area contributed by atoms with Crippen molar-refractivity contribution in [2.75, 3.05) is 33.1 Å². The van der Waals surface area contributed by atoms with Crippen LogP contribution in [0, 0.1) is 0 Å². The molecule has 1 N–H and O–H groups in total. The van der Waals surface area contributed by atoms with Crippen molar-refractivity contribution in [3.8, 4) is 5.88 Å². The van der Waals surface area contributed by atoms with E-state index in [9.17, 15) is 4.79 Å². The molecule has 0 amide bonds. The van der Waals surface area contributed by atoms with E-state index in [4.69, 9.17) is 4.74 Å². The van der Waals surface area contributed by atoms with Crippen molar-refractivity contribution in [3.63, 3.8) is 0 Å². The Bertz CT molecular complexity index is 1090. The lowest BCUT2D eigenvalue weighted by molar-refractivity contribution is 0.310. The van der Waals surface area contributed by atoms with Crippen molar-refractivity contribution in [3.05, 3.63) is 82.8 Å². The highest BCUT2D eigenvalue weighted by Crippen LogP contribution is 2.22. The van der Waals surface area contributed by atoms with Crippen LogP contribution in [0.1, 0.15) is 39.3 Å². The van der Waals surface area contributed by atoms with E-state index in [2.05, 4.69) is 20.3 Å². The molecule has 1 atom stereocenters. The first-order valence-corrected chi connectivity index (χ1v) is 11.5. The van der Waals surface area contributed by atoms with Gasteiger partial charge in [-0.3, -0.25) is 4.79 Å². The Labute approximate surface area is 203 Å². The number of pyridine rings is 1. The second-order valence-corrected chi connectivity index (χ2v) is 7.37. The number of rotatable bonds is 7. The van der Waals surface area contributed by atoms with Crippen LogP contribution in [0.25, 0.3) is 10.8 Å². The molecule has 0 bridgehead atoms. The number of hydrogen-bond donors (Lipinski definition) is 1. The molecule has 184 valence electrons. The Morgan fingerprint density at radius 2 is 1.68 bits per heavy atom. The van der Waals surface area contributed by atoms with Gasteiger partial charge >= 0.3 is 0 Å². The summed E-state index contributed by atoms with van der Waals surface area (Å²) in [5, 5.41) is 9.26. The summed E-state index contributed by atoms with van der Waals surface area (Å²) >= 11 is 0. The third kappa shape index (κ3) is 8.15. The quantitative estimate of drug-likeness (QED) is 0.483. The first-order chi connectivity index (χ1) is 16.4. The van der Waals surface area contributed by atoms with Gasteiger partial charge in [0.2, 0.25) is 5.88 Å². The number of hydrogen-bond acceptors (Lipinski definition) is 6. The summed E-state index contributed by atoms with van der Waals surface area (Å²) < 4.78 is 6.49. The highest BCUT2D eigenvalue weighted by molar-refractivity contribution is 5.90. The number of benzene rings is 1. The maximum atomic E-state index is 12.3. The summed E-state index contributed by atoms with van der Waals surface area (Å²) in [6.07, 6.45) is 9.82. The molecule has 0 radical (unpaired) electrons. The van der Waals surface area contributed by atoms with Crippen molar-refractivity contribution in [2.45, 2.75) is 33.7 Å². The second-order valence-electron chi connectivity index (χ2n) is 7.37. The van der Waals surface area contributed by atoms with Crippen molar-refractivity contribution in [1.82, 2.24) is 19.7 Å². The Kier molecular flexibility index (Phi) is 12.9. The minimum Gasteiger partial charge on any atom is -0.481 e. The largest absolute Gasteiger partial charge is 0.481 e. The fourth-order valence-electron chi connectivity index (χ4n) is 3.15. The zero-order valence-electron chi connectivity index (χ0n) is 21.7. The molecule has 0 aliphatic carbocycles. The van der Waals surface area contributed by atoms with Crippen LogP contribution in [0.4, 0.5) is 5.82 Å². The fraction of sp³-hybridized carbons (Fsp3) is 0.370. The normalized spacial score (nSPS) is 11.7. The average Bonchev–Trinajstić information content (AvgIpc) is 2.87. The van der Waals surface area contributed by atoms with Crippen LogP contribution in [-0.4, -0.2) is 47.4 Å². The Hall–Kier alpha value is -3.45.